The third-order valence-electron chi connectivity index (χ3n) is 4.41. The minimum Gasteiger partial charge on any atom is -0.375 e. The normalized spacial score (nSPS) is 11.4. The molecule has 3 aromatic rings. The summed E-state index contributed by atoms with van der Waals surface area (Å²) in [5, 5.41) is 6.96. The Morgan fingerprint density at radius 2 is 1.86 bits per heavy atom. The number of rotatable bonds is 5. The molecular weight excluding hydrogens is 383 g/mol. The van der Waals surface area contributed by atoms with E-state index in [9.17, 15) is 18.0 Å². The fourth-order valence-corrected chi connectivity index (χ4v) is 2.68. The molecule has 152 valence electrons. The van der Waals surface area contributed by atoms with E-state index in [1.807, 2.05) is 31.0 Å². The zero-order valence-corrected chi connectivity index (χ0v) is 16.2. The van der Waals surface area contributed by atoms with Gasteiger partial charge in [0, 0.05) is 37.1 Å². The lowest BCUT2D eigenvalue weighted by Crippen LogP contribution is -2.17. The quantitative estimate of drug-likeness (QED) is 0.690. The summed E-state index contributed by atoms with van der Waals surface area (Å²) in [5.41, 5.74) is 1.16. The molecule has 2 heterocycles. The number of nitrogens with zero attached hydrogens (tertiary/aromatic N) is 4. The molecule has 0 aliphatic rings. The first-order valence-corrected chi connectivity index (χ1v) is 8.92. The fourth-order valence-electron chi connectivity index (χ4n) is 2.68. The third-order valence-corrected chi connectivity index (χ3v) is 4.41. The van der Waals surface area contributed by atoms with Crippen molar-refractivity contribution in [1.82, 2.24) is 14.8 Å². The molecule has 6 nitrogen and oxygen atoms in total. The first-order valence-electron chi connectivity index (χ1n) is 8.92. The summed E-state index contributed by atoms with van der Waals surface area (Å²) in [5.74, 6) is 0.125. The lowest BCUT2D eigenvalue weighted by atomic mass is 10.2. The summed E-state index contributed by atoms with van der Waals surface area (Å²) in [6.07, 6.45) is -3.73. The van der Waals surface area contributed by atoms with Gasteiger partial charge in [-0.3, -0.25) is 4.79 Å². The average molecular weight is 403 g/mol. The summed E-state index contributed by atoms with van der Waals surface area (Å²) in [7, 11) is 1.95. The van der Waals surface area contributed by atoms with E-state index < -0.39 is 11.7 Å². The van der Waals surface area contributed by atoms with Crippen LogP contribution in [0.25, 0.3) is 5.82 Å². The van der Waals surface area contributed by atoms with Gasteiger partial charge in [0.25, 0.3) is 5.91 Å². The van der Waals surface area contributed by atoms with Crippen molar-refractivity contribution in [2.24, 2.45) is 0 Å². The summed E-state index contributed by atoms with van der Waals surface area (Å²) in [6, 6.07) is 10.9. The van der Waals surface area contributed by atoms with Gasteiger partial charge in [0.2, 0.25) is 0 Å². The SMILES string of the molecule is CCN(C)c1ccc(C(=O)Nc2cc(C)nn2-c2ccc(C(F)(F)F)cn2)cc1. The number of hydrogen-bond acceptors (Lipinski definition) is 4. The van der Waals surface area contributed by atoms with E-state index in [4.69, 9.17) is 0 Å². The number of aromatic nitrogens is 3. The van der Waals surface area contributed by atoms with Crippen LogP contribution in [0.2, 0.25) is 0 Å². The van der Waals surface area contributed by atoms with Gasteiger partial charge in [-0.25, -0.2) is 4.98 Å². The van der Waals surface area contributed by atoms with Crippen LogP contribution in [-0.4, -0.2) is 34.3 Å². The lowest BCUT2D eigenvalue weighted by molar-refractivity contribution is -0.137. The number of benzene rings is 1. The van der Waals surface area contributed by atoms with Crippen LogP contribution in [0.5, 0.6) is 0 Å². The largest absolute Gasteiger partial charge is 0.417 e. The zero-order valence-electron chi connectivity index (χ0n) is 16.2. The van der Waals surface area contributed by atoms with Crippen LogP contribution < -0.4 is 10.2 Å². The Kier molecular flexibility index (Phi) is 5.58. The van der Waals surface area contributed by atoms with E-state index in [2.05, 4.69) is 15.4 Å². The predicted octanol–water partition coefficient (Wildman–Crippen LogP) is 4.30. The van der Waals surface area contributed by atoms with Crippen molar-refractivity contribution < 1.29 is 18.0 Å². The number of anilines is 2. The van der Waals surface area contributed by atoms with Crippen LogP contribution in [0.1, 0.15) is 28.5 Å². The molecule has 0 fully saturated rings. The van der Waals surface area contributed by atoms with Crippen molar-refractivity contribution in [1.29, 1.82) is 0 Å². The summed E-state index contributed by atoms with van der Waals surface area (Å²) in [4.78, 5) is 18.5. The number of amides is 1. The van der Waals surface area contributed by atoms with Gasteiger partial charge in [-0.1, -0.05) is 0 Å². The molecular formula is C20H20F3N5O. The van der Waals surface area contributed by atoms with Crippen LogP contribution in [0.15, 0.2) is 48.7 Å². The number of halogens is 3. The molecule has 0 atom stereocenters. The van der Waals surface area contributed by atoms with E-state index in [0.29, 0.717) is 17.1 Å². The van der Waals surface area contributed by atoms with Crippen molar-refractivity contribution >= 4 is 17.4 Å². The van der Waals surface area contributed by atoms with Crippen LogP contribution >= 0.6 is 0 Å². The van der Waals surface area contributed by atoms with Gasteiger partial charge in [-0.2, -0.15) is 23.0 Å². The van der Waals surface area contributed by atoms with Crippen molar-refractivity contribution in [3.63, 3.8) is 0 Å². The topological polar surface area (TPSA) is 63.1 Å². The van der Waals surface area contributed by atoms with E-state index in [-0.39, 0.29) is 11.7 Å². The van der Waals surface area contributed by atoms with E-state index >= 15 is 0 Å². The number of carbonyl (C=O) groups excluding carboxylic acids is 1. The third kappa shape index (κ3) is 4.56. The van der Waals surface area contributed by atoms with E-state index in [1.54, 1.807) is 25.1 Å². The predicted molar refractivity (Wildman–Crippen MR) is 104 cm³/mol. The maximum Gasteiger partial charge on any atom is 0.417 e. The molecule has 0 aliphatic carbocycles. The van der Waals surface area contributed by atoms with Gasteiger partial charge in [-0.05, 0) is 50.2 Å². The van der Waals surface area contributed by atoms with Gasteiger partial charge in [-0.15, -0.1) is 0 Å². The highest BCUT2D eigenvalue weighted by Gasteiger charge is 2.30. The smallest absolute Gasteiger partial charge is 0.375 e. The van der Waals surface area contributed by atoms with E-state index in [1.165, 1.54) is 10.7 Å². The van der Waals surface area contributed by atoms with E-state index in [0.717, 1.165) is 24.5 Å². The Balaban J connectivity index is 1.83. The number of hydrogen-bond donors (Lipinski definition) is 1. The molecule has 0 saturated heterocycles. The number of carbonyl (C=O) groups is 1. The first kappa shape index (κ1) is 20.4. The van der Waals surface area contributed by atoms with Crippen LogP contribution in [-0.2, 0) is 6.18 Å². The van der Waals surface area contributed by atoms with Gasteiger partial charge < -0.3 is 10.2 Å². The number of aryl methyl sites for hydroxylation is 1. The molecule has 29 heavy (non-hydrogen) atoms. The molecule has 0 unspecified atom stereocenters. The molecule has 0 spiro atoms. The minimum absolute atomic E-state index is 0.168. The second-order valence-electron chi connectivity index (χ2n) is 6.50. The van der Waals surface area contributed by atoms with Gasteiger partial charge in [0.05, 0.1) is 11.3 Å². The molecule has 1 N–H and O–H groups in total. The maximum absolute atomic E-state index is 12.7. The molecule has 1 aromatic carbocycles. The summed E-state index contributed by atoms with van der Waals surface area (Å²) >= 11 is 0. The highest BCUT2D eigenvalue weighted by Crippen LogP contribution is 2.29. The average Bonchev–Trinajstić information content (AvgIpc) is 3.07. The zero-order chi connectivity index (χ0) is 21.2. The van der Waals surface area contributed by atoms with Crippen molar-refractivity contribution in [3.8, 4) is 5.82 Å². The lowest BCUT2D eigenvalue weighted by Gasteiger charge is -2.16. The number of nitrogens with one attached hydrogen (secondary N) is 1. The first-order chi connectivity index (χ1) is 13.7. The molecule has 9 heteroatoms. The van der Waals surface area contributed by atoms with Crippen molar-refractivity contribution in [3.05, 3.63) is 65.5 Å². The van der Waals surface area contributed by atoms with Gasteiger partial charge in [0.15, 0.2) is 5.82 Å². The monoisotopic (exact) mass is 403 g/mol. The van der Waals surface area contributed by atoms with Crippen LogP contribution in [0.4, 0.5) is 24.7 Å². The molecule has 2 aromatic heterocycles. The highest BCUT2D eigenvalue weighted by atomic mass is 19.4. The maximum atomic E-state index is 12.7. The second kappa shape index (κ2) is 7.94. The standard InChI is InChI=1S/C20H20F3N5O/c1-4-27(3)16-8-5-14(6-9-16)19(29)25-18-11-13(2)26-28(18)17-10-7-15(12-24-17)20(21,22)23/h5-12H,4H2,1-3H3,(H,25,29). The van der Waals surface area contributed by atoms with Gasteiger partial charge >= 0.3 is 6.18 Å². The second-order valence-corrected chi connectivity index (χ2v) is 6.50. The molecule has 0 aliphatic heterocycles. The minimum atomic E-state index is -4.47. The van der Waals surface area contributed by atoms with Gasteiger partial charge in [0.1, 0.15) is 5.82 Å². The van der Waals surface area contributed by atoms with Crippen LogP contribution in [0.3, 0.4) is 0 Å². The molecule has 0 radical (unpaired) electrons. The highest BCUT2D eigenvalue weighted by molar-refractivity contribution is 6.04. The summed E-state index contributed by atoms with van der Waals surface area (Å²) in [6.45, 7) is 4.58. The molecule has 3 rings (SSSR count). The molecule has 1 amide bonds. The Hall–Kier alpha value is -3.36. The number of alkyl halides is 3. The Bertz CT molecular complexity index is 994. The number of pyridine rings is 1. The Morgan fingerprint density at radius 3 is 2.41 bits per heavy atom. The fraction of sp³-hybridized carbons (Fsp3) is 0.250. The van der Waals surface area contributed by atoms with Crippen LogP contribution in [0, 0.1) is 6.92 Å². The Labute approximate surface area is 166 Å². The Morgan fingerprint density at radius 1 is 1.17 bits per heavy atom. The molecule has 0 bridgehead atoms. The summed E-state index contributed by atoms with van der Waals surface area (Å²) < 4.78 is 39.5. The van der Waals surface area contributed by atoms with Crippen molar-refractivity contribution in [2.45, 2.75) is 20.0 Å². The molecule has 0 saturated carbocycles. The van der Waals surface area contributed by atoms with Crippen molar-refractivity contribution in [2.75, 3.05) is 23.8 Å².